The van der Waals surface area contributed by atoms with Crippen molar-refractivity contribution < 1.29 is 51.0 Å². The van der Waals surface area contributed by atoms with Gasteiger partial charge in [-0.2, -0.15) is 8.78 Å². The van der Waals surface area contributed by atoms with Crippen molar-refractivity contribution in [3.05, 3.63) is 34.7 Å². The number of thiophene rings is 1. The molecule has 220 valence electrons. The van der Waals surface area contributed by atoms with Crippen LogP contribution in [0.15, 0.2) is 24.3 Å². The number of carbonyl (C=O) groups excluding carboxylic acids is 2. The highest BCUT2D eigenvalue weighted by Crippen LogP contribution is 2.63. The SMILES string of the molecule is CCOP(=O)(O)C(F)(F)c1ccc2sc(C(=O)N[C@H]3CN(CC(F)F)CC[C@H]4CC[C@@H](C(=O)O)N4C3=O)cc2c1. The largest absolute Gasteiger partial charge is 0.480 e. The third-order valence-corrected chi connectivity index (χ3v) is 9.70. The first kappa shape index (κ1) is 30.4. The molecule has 3 heterocycles. The van der Waals surface area contributed by atoms with Gasteiger partial charge in [0.15, 0.2) is 0 Å². The molecule has 0 spiro atoms. The lowest BCUT2D eigenvalue weighted by Crippen LogP contribution is -2.60. The number of aliphatic carboxylic acids is 1. The molecule has 0 saturated carbocycles. The summed E-state index contributed by atoms with van der Waals surface area (Å²) in [6.07, 6.45) is -1.78. The van der Waals surface area contributed by atoms with Gasteiger partial charge in [0, 0.05) is 29.4 Å². The topological polar surface area (TPSA) is 136 Å². The van der Waals surface area contributed by atoms with Gasteiger partial charge in [0.1, 0.15) is 12.1 Å². The van der Waals surface area contributed by atoms with Crippen LogP contribution in [-0.2, 0) is 24.3 Å². The molecule has 40 heavy (non-hydrogen) atoms. The van der Waals surface area contributed by atoms with Gasteiger partial charge in [-0.05, 0) is 49.8 Å². The first-order chi connectivity index (χ1) is 18.7. The van der Waals surface area contributed by atoms with Crippen LogP contribution >= 0.6 is 18.9 Å². The van der Waals surface area contributed by atoms with E-state index in [-0.39, 0.29) is 29.8 Å². The third-order valence-electron chi connectivity index (χ3n) is 7.01. The van der Waals surface area contributed by atoms with Gasteiger partial charge in [0.25, 0.3) is 12.3 Å². The Hall–Kier alpha value is -2.58. The van der Waals surface area contributed by atoms with E-state index in [0.29, 0.717) is 17.5 Å². The number of hydrogen-bond acceptors (Lipinski definition) is 7. The second kappa shape index (κ2) is 11.7. The molecule has 16 heteroatoms. The fourth-order valence-corrected chi connectivity index (χ4v) is 7.06. The van der Waals surface area contributed by atoms with Crippen LogP contribution in [0, 0.1) is 0 Å². The van der Waals surface area contributed by atoms with E-state index in [2.05, 4.69) is 9.84 Å². The molecular formula is C24H28F4N3O7PS. The molecule has 2 amide bonds. The van der Waals surface area contributed by atoms with Gasteiger partial charge in [-0.3, -0.25) is 19.1 Å². The minimum atomic E-state index is -5.34. The average Bonchev–Trinajstić information content (AvgIpc) is 3.49. The number of amides is 2. The van der Waals surface area contributed by atoms with E-state index >= 15 is 0 Å². The molecule has 1 aromatic carbocycles. The highest BCUT2D eigenvalue weighted by Gasteiger charge is 2.52. The van der Waals surface area contributed by atoms with E-state index < -0.39 is 74.3 Å². The van der Waals surface area contributed by atoms with Crippen molar-refractivity contribution in [1.29, 1.82) is 0 Å². The summed E-state index contributed by atoms with van der Waals surface area (Å²) in [4.78, 5) is 50.7. The van der Waals surface area contributed by atoms with Gasteiger partial charge in [-0.15, -0.1) is 11.3 Å². The summed E-state index contributed by atoms with van der Waals surface area (Å²) >= 11 is 0.906. The quantitative estimate of drug-likeness (QED) is 0.290. The van der Waals surface area contributed by atoms with Gasteiger partial charge in [-0.1, -0.05) is 6.07 Å². The highest BCUT2D eigenvalue weighted by atomic mass is 32.1. The molecular weight excluding hydrogens is 581 g/mol. The fourth-order valence-electron chi connectivity index (χ4n) is 5.14. The van der Waals surface area contributed by atoms with Crippen LogP contribution in [0.1, 0.15) is 41.4 Å². The summed E-state index contributed by atoms with van der Waals surface area (Å²) in [5.41, 5.74) is -5.00. The molecule has 3 N–H and O–H groups in total. The van der Waals surface area contributed by atoms with Gasteiger partial charge in [0.2, 0.25) is 5.91 Å². The Morgan fingerprint density at radius 3 is 2.62 bits per heavy atom. The van der Waals surface area contributed by atoms with Gasteiger partial charge < -0.3 is 24.7 Å². The first-order valence-electron chi connectivity index (χ1n) is 12.5. The lowest BCUT2D eigenvalue weighted by atomic mass is 10.1. The van der Waals surface area contributed by atoms with Crippen LogP contribution in [0.5, 0.6) is 0 Å². The molecule has 10 nitrogen and oxygen atoms in total. The molecule has 2 saturated heterocycles. The Balaban J connectivity index is 1.60. The van der Waals surface area contributed by atoms with Crippen LogP contribution in [0.3, 0.4) is 0 Å². The Labute approximate surface area is 230 Å². The Kier molecular flexibility index (Phi) is 8.91. The molecule has 0 aliphatic carbocycles. The van der Waals surface area contributed by atoms with Gasteiger partial charge >= 0.3 is 19.2 Å². The molecule has 2 aromatic rings. The number of carboxylic acids is 1. The van der Waals surface area contributed by atoms with E-state index in [0.717, 1.165) is 23.5 Å². The molecule has 0 radical (unpaired) electrons. The van der Waals surface area contributed by atoms with E-state index in [4.69, 9.17) is 0 Å². The van der Waals surface area contributed by atoms with Crippen LogP contribution in [0.25, 0.3) is 10.1 Å². The molecule has 2 aliphatic heterocycles. The summed E-state index contributed by atoms with van der Waals surface area (Å²) in [5, 5.41) is 12.3. The summed E-state index contributed by atoms with van der Waals surface area (Å²) in [6.45, 7) is 0.160. The molecule has 1 unspecified atom stereocenters. The maximum atomic E-state index is 14.7. The van der Waals surface area contributed by atoms with Crippen molar-refractivity contribution in [2.45, 2.75) is 56.4 Å². The number of nitrogens with zero attached hydrogens (tertiary/aromatic N) is 2. The minimum Gasteiger partial charge on any atom is -0.480 e. The zero-order valence-corrected chi connectivity index (χ0v) is 23.0. The predicted molar refractivity (Wildman–Crippen MR) is 137 cm³/mol. The van der Waals surface area contributed by atoms with Crippen LogP contribution < -0.4 is 5.32 Å². The fraction of sp³-hybridized carbons (Fsp3) is 0.542. The second-order valence-corrected chi connectivity index (χ2v) is 12.6. The number of halogens is 4. The average molecular weight is 610 g/mol. The molecule has 0 bridgehead atoms. The lowest BCUT2D eigenvalue weighted by Gasteiger charge is -2.38. The maximum Gasteiger partial charge on any atom is 0.401 e. The molecule has 1 aromatic heterocycles. The van der Waals surface area contributed by atoms with Crippen molar-refractivity contribution in [3.63, 3.8) is 0 Å². The monoisotopic (exact) mass is 609 g/mol. The van der Waals surface area contributed by atoms with Crippen molar-refractivity contribution in [3.8, 4) is 0 Å². The van der Waals surface area contributed by atoms with Crippen LogP contribution in [0.2, 0.25) is 0 Å². The Morgan fingerprint density at radius 1 is 1.25 bits per heavy atom. The molecule has 2 aliphatic rings. The number of carbonyl (C=O) groups is 3. The molecule has 4 atom stereocenters. The Bertz CT molecular complexity index is 1340. The molecule has 2 fully saturated rings. The third kappa shape index (κ3) is 6.03. The first-order valence-corrected chi connectivity index (χ1v) is 14.9. The van der Waals surface area contributed by atoms with Crippen molar-refractivity contribution in [1.82, 2.24) is 15.1 Å². The second-order valence-electron chi connectivity index (χ2n) is 9.64. The molecule has 4 rings (SSSR count). The Morgan fingerprint density at radius 2 is 1.98 bits per heavy atom. The highest BCUT2D eigenvalue weighted by molar-refractivity contribution is 7.53. The van der Waals surface area contributed by atoms with Gasteiger partial charge in [0.05, 0.1) is 18.0 Å². The zero-order valence-electron chi connectivity index (χ0n) is 21.3. The normalized spacial score (nSPS) is 24.0. The number of carboxylic acid groups (broad SMARTS) is 1. The summed E-state index contributed by atoms with van der Waals surface area (Å²) in [6, 6.07) is 1.53. The number of nitrogens with one attached hydrogen (secondary N) is 1. The van der Waals surface area contributed by atoms with Gasteiger partial charge in [-0.25, -0.2) is 13.6 Å². The predicted octanol–water partition coefficient (Wildman–Crippen LogP) is 3.69. The van der Waals surface area contributed by atoms with Crippen molar-refractivity contribution in [2.24, 2.45) is 0 Å². The van der Waals surface area contributed by atoms with E-state index in [9.17, 15) is 46.5 Å². The summed E-state index contributed by atoms with van der Waals surface area (Å²) in [7, 11) is -5.34. The summed E-state index contributed by atoms with van der Waals surface area (Å²) < 4.78 is 72.6. The minimum absolute atomic E-state index is 0.00970. The number of hydrogen-bond donors (Lipinski definition) is 3. The van der Waals surface area contributed by atoms with Crippen molar-refractivity contribution in [2.75, 3.05) is 26.2 Å². The smallest absolute Gasteiger partial charge is 0.401 e. The van der Waals surface area contributed by atoms with Crippen LogP contribution in [-0.4, -0.2) is 88.4 Å². The number of benzene rings is 1. The maximum absolute atomic E-state index is 14.7. The van der Waals surface area contributed by atoms with E-state index in [1.165, 1.54) is 28.9 Å². The number of rotatable bonds is 9. The zero-order chi connectivity index (χ0) is 29.4. The lowest BCUT2D eigenvalue weighted by molar-refractivity contribution is -0.151. The standard InChI is InChI=1S/C24H28F4N3O7PS/c1-2-38-39(36,37)24(27,28)14-3-6-18-13(9-14)10-19(40-18)21(32)29-16-11-30(12-20(25)26)8-7-15-4-5-17(23(34)35)31(15)22(16)33/h3,6,9-10,15-17,20H,2,4-5,7-8,11-12H2,1H3,(H,29,32)(H,34,35)(H,36,37)/t15-,16+,17+/m1/s1. The number of fused-ring (bicyclic) bond motifs is 2. The van der Waals surface area contributed by atoms with Crippen LogP contribution in [0.4, 0.5) is 17.6 Å². The number of alkyl halides is 4. The van der Waals surface area contributed by atoms with E-state index in [1.54, 1.807) is 0 Å². The van der Waals surface area contributed by atoms with Crippen molar-refractivity contribution >= 4 is 46.8 Å². The van der Waals surface area contributed by atoms with E-state index in [1.807, 2.05) is 0 Å². The summed E-state index contributed by atoms with van der Waals surface area (Å²) in [5.74, 6) is -2.67.